The molecule has 94 valence electrons. The van der Waals surface area contributed by atoms with Crippen molar-refractivity contribution in [2.24, 2.45) is 0 Å². The molecule has 0 aliphatic carbocycles. The van der Waals surface area contributed by atoms with Gasteiger partial charge in [0.1, 0.15) is 0 Å². The van der Waals surface area contributed by atoms with Gasteiger partial charge in [0.2, 0.25) is 0 Å². The second kappa shape index (κ2) is 8.83. The van der Waals surface area contributed by atoms with E-state index in [-0.39, 0.29) is 6.03 Å². The molecule has 2 amide bonds. The molecule has 0 fully saturated rings. The van der Waals surface area contributed by atoms with Gasteiger partial charge in [-0.3, -0.25) is 9.71 Å². The van der Waals surface area contributed by atoms with Gasteiger partial charge in [-0.05, 0) is 24.1 Å². The van der Waals surface area contributed by atoms with Crippen molar-refractivity contribution in [3.8, 4) is 0 Å². The number of pyridine rings is 1. The summed E-state index contributed by atoms with van der Waals surface area (Å²) in [6.45, 7) is 1.76. The third kappa shape index (κ3) is 6.80. The number of aromatic nitrogens is 1. The van der Waals surface area contributed by atoms with Crippen LogP contribution >= 0.6 is 11.9 Å². The molecule has 0 aromatic carbocycles. The van der Waals surface area contributed by atoms with Crippen LogP contribution in [0.2, 0.25) is 0 Å². The van der Waals surface area contributed by atoms with E-state index in [0.29, 0.717) is 0 Å². The van der Waals surface area contributed by atoms with Gasteiger partial charge in [0.15, 0.2) is 0 Å². The van der Waals surface area contributed by atoms with E-state index in [1.54, 1.807) is 13.2 Å². The van der Waals surface area contributed by atoms with Gasteiger partial charge < -0.3 is 10.6 Å². The zero-order valence-corrected chi connectivity index (χ0v) is 10.7. The number of hydrogen-bond donors (Lipinski definition) is 3. The number of nitrogens with zero attached hydrogens (tertiary/aromatic N) is 1. The number of carbonyl (C=O) groups excluding carboxylic acids is 1. The Morgan fingerprint density at radius 2 is 2.29 bits per heavy atom. The highest BCUT2D eigenvalue weighted by molar-refractivity contribution is 7.97. The third-order valence-corrected chi connectivity index (χ3v) is 2.79. The first kappa shape index (κ1) is 13.8. The lowest BCUT2D eigenvalue weighted by Gasteiger charge is -2.05. The lowest BCUT2D eigenvalue weighted by Crippen LogP contribution is -2.29. The quantitative estimate of drug-likeness (QED) is 0.497. The average Bonchev–Trinajstić information content (AvgIpc) is 2.38. The third-order valence-electron chi connectivity index (χ3n) is 2.06. The van der Waals surface area contributed by atoms with Crippen LogP contribution in [0.15, 0.2) is 24.4 Å². The standard InChI is InChI=1S/C11H18N4OS/c1-12-11(16)15-17-9-8-13-7-5-10-4-2-3-6-14-10/h2-4,6,13H,5,7-9H2,1H3,(H2,12,15,16). The minimum atomic E-state index is -0.163. The summed E-state index contributed by atoms with van der Waals surface area (Å²) in [7, 11) is 1.60. The van der Waals surface area contributed by atoms with Crippen molar-refractivity contribution in [3.05, 3.63) is 30.1 Å². The Morgan fingerprint density at radius 1 is 1.41 bits per heavy atom. The Balaban J connectivity index is 1.93. The summed E-state index contributed by atoms with van der Waals surface area (Å²) in [6.07, 6.45) is 2.73. The fourth-order valence-corrected chi connectivity index (χ4v) is 1.76. The maximum absolute atomic E-state index is 10.8. The van der Waals surface area contributed by atoms with Gasteiger partial charge in [-0.15, -0.1) is 0 Å². The molecule has 0 saturated heterocycles. The van der Waals surface area contributed by atoms with E-state index >= 15 is 0 Å². The van der Waals surface area contributed by atoms with Crippen molar-refractivity contribution in [2.45, 2.75) is 6.42 Å². The molecule has 0 unspecified atom stereocenters. The Bertz CT molecular complexity index is 321. The number of hydrogen-bond acceptors (Lipinski definition) is 4. The molecule has 1 heterocycles. The van der Waals surface area contributed by atoms with Crippen molar-refractivity contribution in [1.29, 1.82) is 0 Å². The second-order valence-corrected chi connectivity index (χ2v) is 4.25. The molecule has 0 radical (unpaired) electrons. The van der Waals surface area contributed by atoms with E-state index < -0.39 is 0 Å². The summed E-state index contributed by atoms with van der Waals surface area (Å²) in [5.41, 5.74) is 1.09. The molecular weight excluding hydrogens is 236 g/mol. The molecule has 1 aromatic rings. The monoisotopic (exact) mass is 254 g/mol. The van der Waals surface area contributed by atoms with Crippen molar-refractivity contribution in [3.63, 3.8) is 0 Å². The Labute approximate surface area is 106 Å². The van der Waals surface area contributed by atoms with E-state index in [4.69, 9.17) is 0 Å². The molecule has 1 rings (SSSR count). The molecular formula is C11H18N4OS. The molecule has 1 aromatic heterocycles. The molecule has 0 atom stereocenters. The highest BCUT2D eigenvalue weighted by atomic mass is 32.2. The van der Waals surface area contributed by atoms with Crippen LogP contribution in [-0.4, -0.2) is 36.9 Å². The molecule has 0 aliphatic heterocycles. The Hall–Kier alpha value is -1.27. The zero-order valence-electron chi connectivity index (χ0n) is 9.90. The highest BCUT2D eigenvalue weighted by Gasteiger charge is 1.95. The van der Waals surface area contributed by atoms with Crippen LogP contribution in [-0.2, 0) is 6.42 Å². The van der Waals surface area contributed by atoms with Crippen molar-refractivity contribution >= 4 is 18.0 Å². The summed E-state index contributed by atoms with van der Waals surface area (Å²) in [4.78, 5) is 15.1. The van der Waals surface area contributed by atoms with Gasteiger partial charge in [0.05, 0.1) is 0 Å². The highest BCUT2D eigenvalue weighted by Crippen LogP contribution is 1.94. The van der Waals surface area contributed by atoms with Gasteiger partial charge in [0.25, 0.3) is 0 Å². The van der Waals surface area contributed by atoms with Crippen LogP contribution in [0.4, 0.5) is 4.79 Å². The number of nitrogens with one attached hydrogen (secondary N) is 3. The molecule has 0 bridgehead atoms. The van der Waals surface area contributed by atoms with E-state index in [2.05, 4.69) is 20.3 Å². The number of rotatable bonds is 7. The molecule has 17 heavy (non-hydrogen) atoms. The molecule has 3 N–H and O–H groups in total. The summed E-state index contributed by atoms with van der Waals surface area (Å²) in [5, 5.41) is 5.78. The minimum Gasteiger partial charge on any atom is -0.341 e. The first-order chi connectivity index (χ1) is 8.33. The number of carbonyl (C=O) groups is 1. The maximum atomic E-state index is 10.8. The summed E-state index contributed by atoms with van der Waals surface area (Å²) < 4.78 is 2.66. The second-order valence-electron chi connectivity index (χ2n) is 3.35. The molecule has 0 saturated carbocycles. The fraction of sp³-hybridized carbons (Fsp3) is 0.455. The first-order valence-electron chi connectivity index (χ1n) is 5.53. The van der Waals surface area contributed by atoms with E-state index in [9.17, 15) is 4.79 Å². The van der Waals surface area contributed by atoms with Gasteiger partial charge in [-0.2, -0.15) is 0 Å². The van der Waals surface area contributed by atoms with Crippen LogP contribution in [0.25, 0.3) is 0 Å². The van der Waals surface area contributed by atoms with Crippen LogP contribution < -0.4 is 15.4 Å². The lowest BCUT2D eigenvalue weighted by atomic mass is 10.3. The predicted octanol–water partition coefficient (Wildman–Crippen LogP) is 0.791. The fourth-order valence-electron chi connectivity index (χ4n) is 1.18. The van der Waals surface area contributed by atoms with E-state index in [1.165, 1.54) is 11.9 Å². The molecule has 0 aliphatic rings. The van der Waals surface area contributed by atoms with Gasteiger partial charge in [-0.25, -0.2) is 4.79 Å². The van der Waals surface area contributed by atoms with Crippen LogP contribution in [0.3, 0.4) is 0 Å². The summed E-state index contributed by atoms with van der Waals surface area (Å²) in [6, 6.07) is 5.76. The maximum Gasteiger partial charge on any atom is 0.324 e. The molecule has 0 spiro atoms. The van der Waals surface area contributed by atoms with Gasteiger partial charge >= 0.3 is 6.03 Å². The number of amides is 2. The SMILES string of the molecule is CNC(=O)NSCCNCCc1ccccn1. The van der Waals surface area contributed by atoms with Crippen LogP contribution in [0, 0.1) is 0 Å². The topological polar surface area (TPSA) is 66.1 Å². The van der Waals surface area contributed by atoms with Crippen molar-refractivity contribution in [2.75, 3.05) is 25.9 Å². The normalized spacial score (nSPS) is 9.94. The van der Waals surface area contributed by atoms with Crippen LogP contribution in [0.5, 0.6) is 0 Å². The first-order valence-corrected chi connectivity index (χ1v) is 6.51. The lowest BCUT2D eigenvalue weighted by molar-refractivity contribution is 0.248. The van der Waals surface area contributed by atoms with Crippen molar-refractivity contribution < 1.29 is 4.79 Å². The Morgan fingerprint density at radius 3 is 3.00 bits per heavy atom. The smallest absolute Gasteiger partial charge is 0.324 e. The van der Waals surface area contributed by atoms with Gasteiger partial charge in [-0.1, -0.05) is 6.07 Å². The van der Waals surface area contributed by atoms with Crippen LogP contribution in [0.1, 0.15) is 5.69 Å². The minimum absolute atomic E-state index is 0.163. The van der Waals surface area contributed by atoms with Crippen molar-refractivity contribution in [1.82, 2.24) is 20.3 Å². The largest absolute Gasteiger partial charge is 0.341 e. The predicted molar refractivity (Wildman–Crippen MR) is 70.9 cm³/mol. The molecule has 5 nitrogen and oxygen atoms in total. The van der Waals surface area contributed by atoms with E-state index in [0.717, 1.165) is 31.0 Å². The van der Waals surface area contributed by atoms with Gasteiger partial charge in [0, 0.05) is 44.2 Å². The number of urea groups is 1. The Kier molecular flexibility index (Phi) is 7.17. The summed E-state index contributed by atoms with van der Waals surface area (Å²) >= 11 is 1.39. The zero-order chi connectivity index (χ0) is 12.3. The van der Waals surface area contributed by atoms with E-state index in [1.807, 2.05) is 18.2 Å². The molecule has 6 heteroatoms. The summed E-state index contributed by atoms with van der Waals surface area (Å²) in [5.74, 6) is 0.843. The average molecular weight is 254 g/mol.